The van der Waals surface area contributed by atoms with E-state index in [2.05, 4.69) is 10.0 Å². The van der Waals surface area contributed by atoms with Crippen LogP contribution in [0.4, 0.5) is 18.9 Å². The van der Waals surface area contributed by atoms with Crippen molar-refractivity contribution in [3.63, 3.8) is 0 Å². The predicted molar refractivity (Wildman–Crippen MR) is 101 cm³/mol. The number of sulfonamides is 1. The quantitative estimate of drug-likeness (QED) is 0.696. The van der Waals surface area contributed by atoms with E-state index in [-0.39, 0.29) is 24.3 Å². The first-order chi connectivity index (χ1) is 12.6. The van der Waals surface area contributed by atoms with Crippen molar-refractivity contribution in [2.24, 2.45) is 5.92 Å². The third-order valence-corrected chi connectivity index (χ3v) is 5.41. The third kappa shape index (κ3) is 6.88. The van der Waals surface area contributed by atoms with E-state index in [1.165, 1.54) is 12.1 Å². The minimum Gasteiger partial charge on any atom is -0.381 e. The molecular formula is C19H23F3N2O2S. The fraction of sp³-hybridized carbons (Fsp3) is 0.368. The Morgan fingerprint density at radius 3 is 2.07 bits per heavy atom. The van der Waals surface area contributed by atoms with Crippen LogP contribution < -0.4 is 10.0 Å². The molecule has 0 saturated carbocycles. The van der Waals surface area contributed by atoms with E-state index in [0.29, 0.717) is 11.3 Å². The first kappa shape index (κ1) is 21.2. The molecule has 0 spiro atoms. The largest absolute Gasteiger partial charge is 0.416 e. The monoisotopic (exact) mass is 400 g/mol. The minimum atomic E-state index is -4.39. The highest BCUT2D eigenvalue weighted by Gasteiger charge is 2.30. The van der Waals surface area contributed by atoms with Crippen LogP contribution in [0.1, 0.15) is 25.0 Å². The predicted octanol–water partition coefficient (Wildman–Crippen LogP) is 4.26. The van der Waals surface area contributed by atoms with E-state index in [4.69, 9.17) is 0 Å². The number of nitrogens with one attached hydrogen (secondary N) is 2. The van der Waals surface area contributed by atoms with Gasteiger partial charge in [0, 0.05) is 18.3 Å². The van der Waals surface area contributed by atoms with E-state index >= 15 is 0 Å². The van der Waals surface area contributed by atoms with E-state index in [9.17, 15) is 21.6 Å². The van der Waals surface area contributed by atoms with E-state index < -0.39 is 21.8 Å². The number of rotatable bonds is 8. The van der Waals surface area contributed by atoms with Gasteiger partial charge >= 0.3 is 6.18 Å². The summed E-state index contributed by atoms with van der Waals surface area (Å²) in [5, 5.41) is 3.10. The summed E-state index contributed by atoms with van der Waals surface area (Å²) in [6.07, 6.45) is -4.39. The van der Waals surface area contributed by atoms with Crippen LogP contribution >= 0.6 is 0 Å². The molecule has 2 aromatic carbocycles. The van der Waals surface area contributed by atoms with Crippen molar-refractivity contribution in [1.29, 1.82) is 0 Å². The van der Waals surface area contributed by atoms with E-state index in [0.717, 1.165) is 12.1 Å². The molecule has 0 amide bonds. The smallest absolute Gasteiger partial charge is 0.381 e. The van der Waals surface area contributed by atoms with Crippen molar-refractivity contribution in [1.82, 2.24) is 4.72 Å². The summed E-state index contributed by atoms with van der Waals surface area (Å²) < 4.78 is 65.0. The number of alkyl halides is 3. The molecule has 0 aliphatic rings. The highest BCUT2D eigenvalue weighted by Crippen LogP contribution is 2.30. The Balaban J connectivity index is 1.99. The van der Waals surface area contributed by atoms with Gasteiger partial charge in [-0.25, -0.2) is 13.1 Å². The normalized spacial score (nSPS) is 13.6. The molecular weight excluding hydrogens is 377 g/mol. The molecule has 0 radical (unpaired) electrons. The molecule has 8 heteroatoms. The van der Waals surface area contributed by atoms with Gasteiger partial charge in [0.25, 0.3) is 0 Å². The molecule has 2 rings (SSSR count). The molecule has 4 nitrogen and oxygen atoms in total. The van der Waals surface area contributed by atoms with Crippen molar-refractivity contribution in [2.45, 2.75) is 31.8 Å². The Hall–Kier alpha value is -2.06. The van der Waals surface area contributed by atoms with Crippen LogP contribution in [0.5, 0.6) is 0 Å². The van der Waals surface area contributed by atoms with Crippen LogP contribution in [0.3, 0.4) is 0 Å². The lowest BCUT2D eigenvalue weighted by atomic mass is 10.0. The van der Waals surface area contributed by atoms with Gasteiger partial charge < -0.3 is 5.32 Å². The lowest BCUT2D eigenvalue weighted by Crippen LogP contribution is -2.40. The highest BCUT2D eigenvalue weighted by molar-refractivity contribution is 7.88. The van der Waals surface area contributed by atoms with Crippen molar-refractivity contribution >= 4 is 15.7 Å². The van der Waals surface area contributed by atoms with Gasteiger partial charge in [-0.05, 0) is 35.7 Å². The second kappa shape index (κ2) is 8.75. The Kier molecular flexibility index (Phi) is 6.89. The van der Waals surface area contributed by atoms with Crippen LogP contribution in [0, 0.1) is 5.92 Å². The van der Waals surface area contributed by atoms with Gasteiger partial charge in [-0.15, -0.1) is 0 Å². The summed E-state index contributed by atoms with van der Waals surface area (Å²) in [6.45, 7) is 3.95. The number of anilines is 1. The maximum absolute atomic E-state index is 12.6. The summed E-state index contributed by atoms with van der Waals surface area (Å²) >= 11 is 0. The topological polar surface area (TPSA) is 58.2 Å². The number of benzene rings is 2. The maximum Gasteiger partial charge on any atom is 0.416 e. The zero-order valence-electron chi connectivity index (χ0n) is 15.1. The maximum atomic E-state index is 12.6. The van der Waals surface area contributed by atoms with Gasteiger partial charge in [0.1, 0.15) is 0 Å². The molecule has 1 atom stereocenters. The molecule has 0 unspecified atom stereocenters. The van der Waals surface area contributed by atoms with E-state index in [1.54, 1.807) is 24.3 Å². The van der Waals surface area contributed by atoms with Gasteiger partial charge in [0.05, 0.1) is 11.3 Å². The molecule has 27 heavy (non-hydrogen) atoms. The van der Waals surface area contributed by atoms with E-state index in [1.807, 2.05) is 19.9 Å². The summed E-state index contributed by atoms with van der Waals surface area (Å²) in [6, 6.07) is 13.2. The van der Waals surface area contributed by atoms with Crippen molar-refractivity contribution in [3.05, 3.63) is 65.7 Å². The van der Waals surface area contributed by atoms with Gasteiger partial charge in [-0.2, -0.15) is 13.2 Å². The SMILES string of the molecule is CC(C)[C@H](CNS(=O)(=O)Cc1ccccc1)Nc1ccc(C(F)(F)F)cc1. The lowest BCUT2D eigenvalue weighted by molar-refractivity contribution is -0.137. The Labute approximate surface area is 157 Å². The Bertz CT molecular complexity index is 820. The Morgan fingerprint density at radius 1 is 0.963 bits per heavy atom. The number of hydrogen-bond donors (Lipinski definition) is 2. The zero-order valence-corrected chi connectivity index (χ0v) is 15.9. The first-order valence-electron chi connectivity index (χ1n) is 8.52. The average molecular weight is 400 g/mol. The number of hydrogen-bond acceptors (Lipinski definition) is 3. The summed E-state index contributed by atoms with van der Waals surface area (Å²) in [4.78, 5) is 0. The fourth-order valence-electron chi connectivity index (χ4n) is 2.48. The Morgan fingerprint density at radius 2 is 1.56 bits per heavy atom. The van der Waals surface area contributed by atoms with Gasteiger partial charge in [0.2, 0.25) is 10.0 Å². The molecule has 0 heterocycles. The second-order valence-corrected chi connectivity index (χ2v) is 8.47. The molecule has 0 bridgehead atoms. The molecule has 0 fully saturated rings. The fourth-order valence-corrected chi connectivity index (χ4v) is 3.65. The number of halogens is 3. The summed E-state index contributed by atoms with van der Waals surface area (Å²) in [5.41, 5.74) is 0.462. The third-order valence-electron chi connectivity index (χ3n) is 4.09. The van der Waals surface area contributed by atoms with Crippen molar-refractivity contribution in [2.75, 3.05) is 11.9 Å². The van der Waals surface area contributed by atoms with Crippen molar-refractivity contribution in [3.8, 4) is 0 Å². The van der Waals surface area contributed by atoms with Gasteiger partial charge in [-0.1, -0.05) is 44.2 Å². The molecule has 148 valence electrons. The van der Waals surface area contributed by atoms with Crippen LogP contribution in [-0.4, -0.2) is 21.0 Å². The molecule has 2 aromatic rings. The van der Waals surface area contributed by atoms with Crippen LogP contribution in [0.25, 0.3) is 0 Å². The molecule has 0 saturated heterocycles. The molecule has 0 aliphatic carbocycles. The summed E-state index contributed by atoms with van der Waals surface area (Å²) in [5.74, 6) is -0.0643. The zero-order chi connectivity index (χ0) is 20.1. The highest BCUT2D eigenvalue weighted by atomic mass is 32.2. The van der Waals surface area contributed by atoms with Crippen LogP contribution in [0.2, 0.25) is 0 Å². The van der Waals surface area contributed by atoms with Gasteiger partial charge in [0.15, 0.2) is 0 Å². The standard InChI is InChI=1S/C19H23F3N2O2S/c1-14(2)18(24-17-10-8-16(9-11-17)19(20,21)22)12-23-27(25,26)13-15-6-4-3-5-7-15/h3-11,14,18,23-24H,12-13H2,1-2H3/t18-/m0/s1. The minimum absolute atomic E-state index is 0.0618. The second-order valence-electron chi connectivity index (χ2n) is 6.66. The molecule has 0 aromatic heterocycles. The average Bonchev–Trinajstić information content (AvgIpc) is 2.58. The lowest BCUT2D eigenvalue weighted by Gasteiger charge is -2.24. The molecule has 2 N–H and O–H groups in total. The van der Waals surface area contributed by atoms with Crippen LogP contribution in [0.15, 0.2) is 54.6 Å². The first-order valence-corrected chi connectivity index (χ1v) is 10.2. The van der Waals surface area contributed by atoms with Gasteiger partial charge in [-0.3, -0.25) is 0 Å². The summed E-state index contributed by atoms with van der Waals surface area (Å²) in [7, 11) is -3.52. The van der Waals surface area contributed by atoms with Crippen LogP contribution in [-0.2, 0) is 22.0 Å². The molecule has 0 aliphatic heterocycles. The van der Waals surface area contributed by atoms with Crippen molar-refractivity contribution < 1.29 is 21.6 Å².